The van der Waals surface area contributed by atoms with E-state index in [0.29, 0.717) is 19.7 Å². The third-order valence-electron chi connectivity index (χ3n) is 4.90. The topological polar surface area (TPSA) is 55.8 Å². The van der Waals surface area contributed by atoms with E-state index in [1.807, 2.05) is 30.3 Å². The van der Waals surface area contributed by atoms with E-state index in [-0.39, 0.29) is 23.4 Å². The van der Waals surface area contributed by atoms with Gasteiger partial charge in [0.2, 0.25) is 0 Å². The van der Waals surface area contributed by atoms with Gasteiger partial charge in [-0.25, -0.2) is 4.79 Å². The zero-order valence-electron chi connectivity index (χ0n) is 12.8. The van der Waals surface area contributed by atoms with Crippen LogP contribution in [0.4, 0.5) is 4.79 Å². The maximum absolute atomic E-state index is 12.1. The molecule has 5 nitrogen and oxygen atoms in total. The number of rotatable bonds is 3. The minimum Gasteiger partial charge on any atom is -0.469 e. The molecular formula is C17H21NO4. The maximum Gasteiger partial charge on any atom is 0.410 e. The molecule has 0 N–H and O–H groups in total. The predicted octanol–water partition coefficient (Wildman–Crippen LogP) is 2.60. The average Bonchev–Trinajstić information content (AvgIpc) is 3.27. The molecule has 5 heteroatoms. The van der Waals surface area contributed by atoms with Crippen molar-refractivity contribution in [2.75, 3.05) is 20.2 Å². The Labute approximate surface area is 130 Å². The third kappa shape index (κ3) is 2.93. The van der Waals surface area contributed by atoms with Gasteiger partial charge >= 0.3 is 12.1 Å². The minimum absolute atomic E-state index is 0.0278. The first kappa shape index (κ1) is 14.9. The first-order chi connectivity index (χ1) is 10.6. The molecule has 0 radical (unpaired) electrons. The molecule has 1 saturated heterocycles. The smallest absolute Gasteiger partial charge is 0.410 e. The lowest BCUT2D eigenvalue weighted by molar-refractivity contribution is -0.143. The fraction of sp³-hybridized carbons (Fsp3) is 0.529. The van der Waals surface area contributed by atoms with E-state index in [9.17, 15) is 9.59 Å². The molecule has 2 fully saturated rings. The lowest BCUT2D eigenvalue weighted by Crippen LogP contribution is -2.40. The summed E-state index contributed by atoms with van der Waals surface area (Å²) in [4.78, 5) is 25.4. The molecule has 0 bridgehead atoms. The largest absolute Gasteiger partial charge is 0.469 e. The van der Waals surface area contributed by atoms with Crippen LogP contribution in [0.2, 0.25) is 0 Å². The van der Waals surface area contributed by atoms with E-state index in [4.69, 9.17) is 9.47 Å². The van der Waals surface area contributed by atoms with E-state index in [2.05, 4.69) is 0 Å². The number of likely N-dealkylation sites (tertiary alicyclic amines) is 1. The molecule has 1 aliphatic heterocycles. The molecular weight excluding hydrogens is 282 g/mol. The summed E-state index contributed by atoms with van der Waals surface area (Å²) in [5, 5.41) is 0. The first-order valence-corrected chi connectivity index (χ1v) is 7.68. The number of nitrogens with zero attached hydrogens (tertiary/aromatic N) is 1. The van der Waals surface area contributed by atoms with Gasteiger partial charge in [-0.1, -0.05) is 30.3 Å². The van der Waals surface area contributed by atoms with Crippen LogP contribution in [-0.2, 0) is 20.9 Å². The van der Waals surface area contributed by atoms with Gasteiger partial charge < -0.3 is 14.4 Å². The molecule has 1 atom stereocenters. The first-order valence-electron chi connectivity index (χ1n) is 7.68. The molecule has 1 amide bonds. The van der Waals surface area contributed by atoms with Crippen molar-refractivity contribution in [2.24, 2.45) is 11.3 Å². The number of carbonyl (C=O) groups excluding carboxylic acids is 2. The summed E-state index contributed by atoms with van der Waals surface area (Å²) in [6.07, 6.45) is 2.33. The van der Waals surface area contributed by atoms with Gasteiger partial charge in [0.1, 0.15) is 6.61 Å². The van der Waals surface area contributed by atoms with Crippen LogP contribution in [-0.4, -0.2) is 37.2 Å². The summed E-state index contributed by atoms with van der Waals surface area (Å²) in [5.41, 5.74) is 1.06. The number of esters is 1. The van der Waals surface area contributed by atoms with Crippen molar-refractivity contribution in [1.29, 1.82) is 0 Å². The summed E-state index contributed by atoms with van der Waals surface area (Å²) >= 11 is 0. The molecule has 22 heavy (non-hydrogen) atoms. The van der Waals surface area contributed by atoms with Crippen LogP contribution in [0.5, 0.6) is 0 Å². The minimum atomic E-state index is -0.269. The molecule has 1 heterocycles. The molecule has 0 aromatic heterocycles. The molecule has 118 valence electrons. The van der Waals surface area contributed by atoms with Crippen molar-refractivity contribution >= 4 is 12.1 Å². The lowest BCUT2D eigenvalue weighted by Gasteiger charge is -2.32. The number of ether oxygens (including phenoxy) is 2. The van der Waals surface area contributed by atoms with Crippen LogP contribution in [0, 0.1) is 11.3 Å². The second-order valence-corrected chi connectivity index (χ2v) is 6.17. The Bertz CT molecular complexity index is 549. The van der Waals surface area contributed by atoms with E-state index < -0.39 is 0 Å². The standard InChI is InChI=1S/C17H21NO4/c1-21-15(19)14-11-17(14)7-9-18(10-8-17)16(20)22-12-13-5-3-2-4-6-13/h2-6,14H,7-12H2,1H3/t14-/m1/s1. The van der Waals surface area contributed by atoms with Crippen LogP contribution in [0.3, 0.4) is 0 Å². The fourth-order valence-corrected chi connectivity index (χ4v) is 3.32. The highest BCUT2D eigenvalue weighted by molar-refractivity contribution is 5.77. The van der Waals surface area contributed by atoms with Gasteiger partial charge in [-0.3, -0.25) is 4.79 Å². The Balaban J connectivity index is 1.46. The van der Waals surface area contributed by atoms with Gasteiger partial charge in [0.25, 0.3) is 0 Å². The second-order valence-electron chi connectivity index (χ2n) is 6.17. The SMILES string of the molecule is COC(=O)[C@H]1CC12CCN(C(=O)OCc1ccccc1)CC2. The Hall–Kier alpha value is -2.04. The van der Waals surface area contributed by atoms with Crippen molar-refractivity contribution in [3.63, 3.8) is 0 Å². The molecule has 1 aromatic carbocycles. The van der Waals surface area contributed by atoms with E-state index in [0.717, 1.165) is 24.8 Å². The molecule has 1 aliphatic carbocycles. The van der Waals surface area contributed by atoms with Gasteiger partial charge in [0.05, 0.1) is 13.0 Å². The highest BCUT2D eigenvalue weighted by Gasteiger charge is 2.59. The number of hydrogen-bond donors (Lipinski definition) is 0. The number of carbonyl (C=O) groups is 2. The predicted molar refractivity (Wildman–Crippen MR) is 80.0 cm³/mol. The van der Waals surface area contributed by atoms with Crippen molar-refractivity contribution in [3.05, 3.63) is 35.9 Å². The quantitative estimate of drug-likeness (QED) is 0.805. The Morgan fingerprint density at radius 1 is 1.23 bits per heavy atom. The number of benzene rings is 1. The molecule has 1 spiro atoms. The van der Waals surface area contributed by atoms with Crippen LogP contribution < -0.4 is 0 Å². The van der Waals surface area contributed by atoms with Crippen molar-refractivity contribution in [3.8, 4) is 0 Å². The Kier molecular flexibility index (Phi) is 4.05. The van der Waals surface area contributed by atoms with Crippen LogP contribution >= 0.6 is 0 Å². The molecule has 2 aliphatic rings. The monoisotopic (exact) mass is 303 g/mol. The van der Waals surface area contributed by atoms with Crippen LogP contribution in [0.15, 0.2) is 30.3 Å². The molecule has 1 aromatic rings. The summed E-state index contributed by atoms with van der Waals surface area (Å²) in [5.74, 6) is -0.0832. The second kappa shape index (κ2) is 5.99. The van der Waals surface area contributed by atoms with Gasteiger partial charge in [-0.05, 0) is 30.2 Å². The number of hydrogen-bond acceptors (Lipinski definition) is 4. The van der Waals surface area contributed by atoms with Gasteiger partial charge in [0.15, 0.2) is 0 Å². The number of methoxy groups -OCH3 is 1. The summed E-state index contributed by atoms with van der Waals surface area (Å²) in [6, 6.07) is 9.65. The summed E-state index contributed by atoms with van der Waals surface area (Å²) < 4.78 is 10.2. The van der Waals surface area contributed by atoms with Crippen molar-refractivity contribution in [2.45, 2.75) is 25.9 Å². The zero-order valence-corrected chi connectivity index (χ0v) is 12.8. The fourth-order valence-electron chi connectivity index (χ4n) is 3.32. The highest BCUT2D eigenvalue weighted by atomic mass is 16.6. The molecule has 0 unspecified atom stereocenters. The molecule has 1 saturated carbocycles. The molecule has 3 rings (SSSR count). The average molecular weight is 303 g/mol. The lowest BCUT2D eigenvalue weighted by atomic mass is 9.91. The summed E-state index contributed by atoms with van der Waals surface area (Å²) in [6.45, 7) is 1.61. The number of piperidine rings is 1. The van der Waals surface area contributed by atoms with Gasteiger partial charge in [-0.2, -0.15) is 0 Å². The highest BCUT2D eigenvalue weighted by Crippen LogP contribution is 2.59. The van der Waals surface area contributed by atoms with Gasteiger partial charge in [0, 0.05) is 13.1 Å². The van der Waals surface area contributed by atoms with Crippen molar-refractivity contribution in [1.82, 2.24) is 4.90 Å². The van der Waals surface area contributed by atoms with E-state index in [1.54, 1.807) is 4.90 Å². The van der Waals surface area contributed by atoms with E-state index in [1.165, 1.54) is 7.11 Å². The van der Waals surface area contributed by atoms with Crippen LogP contribution in [0.1, 0.15) is 24.8 Å². The normalized spacial score (nSPS) is 22.2. The Morgan fingerprint density at radius 2 is 1.91 bits per heavy atom. The van der Waals surface area contributed by atoms with E-state index >= 15 is 0 Å². The van der Waals surface area contributed by atoms with Crippen molar-refractivity contribution < 1.29 is 19.1 Å². The Morgan fingerprint density at radius 3 is 2.55 bits per heavy atom. The zero-order chi connectivity index (χ0) is 15.6. The van der Waals surface area contributed by atoms with Crippen LogP contribution in [0.25, 0.3) is 0 Å². The number of amides is 1. The van der Waals surface area contributed by atoms with Gasteiger partial charge in [-0.15, -0.1) is 0 Å². The third-order valence-corrected chi connectivity index (χ3v) is 4.90. The maximum atomic E-state index is 12.1. The summed E-state index contributed by atoms with van der Waals surface area (Å²) in [7, 11) is 1.43.